The molecule has 0 saturated carbocycles. The molecule has 0 spiro atoms. The fourth-order valence-corrected chi connectivity index (χ4v) is 2.08. The quantitative estimate of drug-likeness (QED) is 0.594. The zero-order valence-electron chi connectivity index (χ0n) is 13.7. The lowest BCUT2D eigenvalue weighted by Crippen LogP contribution is -2.57. The minimum Gasteiger partial charge on any atom is -0.453 e. The van der Waals surface area contributed by atoms with Crippen LogP contribution in [0.25, 0.3) is 0 Å². The van der Waals surface area contributed by atoms with Crippen LogP contribution in [0.3, 0.4) is 0 Å². The van der Waals surface area contributed by atoms with Crippen molar-refractivity contribution < 1.29 is 32.6 Å². The van der Waals surface area contributed by atoms with Crippen LogP contribution in [0.1, 0.15) is 27.7 Å². The number of hydrogen-bond acceptors (Lipinski definition) is 5. The van der Waals surface area contributed by atoms with Crippen molar-refractivity contribution in [1.29, 1.82) is 0 Å². The molecule has 6 nitrogen and oxygen atoms in total. The molecule has 1 fully saturated rings. The van der Waals surface area contributed by atoms with Gasteiger partial charge in [-0.15, -0.1) is 0 Å². The summed E-state index contributed by atoms with van der Waals surface area (Å²) in [7, 11) is 0. The van der Waals surface area contributed by atoms with Crippen LogP contribution >= 0.6 is 0 Å². The van der Waals surface area contributed by atoms with Crippen molar-refractivity contribution in [2.75, 3.05) is 32.7 Å². The Bertz CT molecular complexity index is 450. The summed E-state index contributed by atoms with van der Waals surface area (Å²) in [6.07, 6.45) is -4.73. The molecule has 1 saturated heterocycles. The molecule has 1 N–H and O–H groups in total. The number of esters is 1. The van der Waals surface area contributed by atoms with E-state index in [1.54, 1.807) is 20.8 Å². The van der Waals surface area contributed by atoms with Gasteiger partial charge in [-0.2, -0.15) is 13.2 Å². The first-order valence-electron chi connectivity index (χ1n) is 7.27. The van der Waals surface area contributed by atoms with Crippen molar-refractivity contribution in [2.24, 2.45) is 0 Å². The summed E-state index contributed by atoms with van der Waals surface area (Å²) in [5.41, 5.74) is -3.61. The number of β-amino-alcohol motifs (C(OH)–C–C–N with tert-alkyl or cyclic N) is 1. The molecule has 0 bridgehead atoms. The Labute approximate surface area is 133 Å². The number of nitrogens with zero attached hydrogens (tertiary/aromatic N) is 2. The van der Waals surface area contributed by atoms with Crippen LogP contribution in [-0.4, -0.2) is 76.9 Å². The molecule has 134 valence electrons. The smallest absolute Gasteiger partial charge is 0.418 e. The molecule has 0 aromatic rings. The average molecular weight is 340 g/mol. The van der Waals surface area contributed by atoms with E-state index in [2.05, 4.69) is 0 Å². The third-order valence-corrected chi connectivity index (χ3v) is 3.38. The van der Waals surface area contributed by atoms with Crippen LogP contribution in [0.2, 0.25) is 0 Å². The Kier molecular flexibility index (Phi) is 5.69. The van der Waals surface area contributed by atoms with Crippen molar-refractivity contribution in [3.63, 3.8) is 0 Å². The van der Waals surface area contributed by atoms with E-state index in [9.17, 15) is 27.9 Å². The van der Waals surface area contributed by atoms with E-state index in [0.29, 0.717) is 6.92 Å². The summed E-state index contributed by atoms with van der Waals surface area (Å²) in [5.74, 6) is -1.78. The van der Waals surface area contributed by atoms with Crippen LogP contribution < -0.4 is 0 Å². The maximum Gasteiger partial charge on any atom is 0.418 e. The van der Waals surface area contributed by atoms with E-state index < -0.39 is 35.8 Å². The lowest BCUT2D eigenvalue weighted by molar-refractivity contribution is -0.258. The zero-order valence-corrected chi connectivity index (χ0v) is 13.7. The Morgan fingerprint density at radius 3 is 1.91 bits per heavy atom. The summed E-state index contributed by atoms with van der Waals surface area (Å²) < 4.78 is 42.9. The molecular weight excluding hydrogens is 317 g/mol. The van der Waals surface area contributed by atoms with E-state index in [0.717, 1.165) is 0 Å². The lowest BCUT2D eigenvalue weighted by atomic mass is 10.1. The van der Waals surface area contributed by atoms with Crippen LogP contribution in [-0.2, 0) is 14.3 Å². The van der Waals surface area contributed by atoms with Crippen LogP contribution in [0.4, 0.5) is 13.2 Å². The predicted molar refractivity (Wildman–Crippen MR) is 75.5 cm³/mol. The van der Waals surface area contributed by atoms with E-state index in [1.165, 1.54) is 9.80 Å². The maximum absolute atomic E-state index is 12.7. The number of halogens is 3. The van der Waals surface area contributed by atoms with Crippen LogP contribution in [0.5, 0.6) is 0 Å². The maximum atomic E-state index is 12.7. The third kappa shape index (κ3) is 5.65. The van der Waals surface area contributed by atoms with Gasteiger partial charge in [-0.3, -0.25) is 9.69 Å². The van der Waals surface area contributed by atoms with Gasteiger partial charge in [0.05, 0.1) is 0 Å². The van der Waals surface area contributed by atoms with Crippen molar-refractivity contribution in [1.82, 2.24) is 9.80 Å². The second-order valence-electron chi connectivity index (χ2n) is 6.84. The number of alkyl halides is 3. The van der Waals surface area contributed by atoms with Crippen LogP contribution in [0.15, 0.2) is 0 Å². The fourth-order valence-electron chi connectivity index (χ4n) is 2.08. The van der Waals surface area contributed by atoms with Gasteiger partial charge in [0.1, 0.15) is 5.60 Å². The van der Waals surface area contributed by atoms with E-state index in [4.69, 9.17) is 4.74 Å². The number of rotatable bonds is 2. The van der Waals surface area contributed by atoms with Gasteiger partial charge in [0.25, 0.3) is 0 Å². The standard InChI is InChI=1S/C14H23F3N2O4/c1-12(2,3)23-11(21)10(20)19-7-5-18(6-8-19)9-13(4,22)14(15,16)17/h22H,5-9H2,1-4H3/t13-/m1/s1. The van der Waals surface area contributed by atoms with Gasteiger partial charge in [-0.1, -0.05) is 0 Å². The third-order valence-electron chi connectivity index (χ3n) is 3.38. The number of carbonyl (C=O) groups is 2. The molecule has 0 aromatic carbocycles. The highest BCUT2D eigenvalue weighted by atomic mass is 19.4. The number of piperazine rings is 1. The Morgan fingerprint density at radius 2 is 1.52 bits per heavy atom. The highest BCUT2D eigenvalue weighted by Crippen LogP contribution is 2.30. The van der Waals surface area contributed by atoms with Crippen molar-refractivity contribution in [3.8, 4) is 0 Å². The molecule has 9 heteroatoms. The van der Waals surface area contributed by atoms with Crippen molar-refractivity contribution >= 4 is 11.9 Å². The second-order valence-corrected chi connectivity index (χ2v) is 6.84. The molecule has 0 aliphatic carbocycles. The SMILES string of the molecule is CC(C)(C)OC(=O)C(=O)N1CCN(C[C@@](C)(O)C(F)(F)F)CC1. The predicted octanol–water partition coefficient (Wildman–Crippen LogP) is 0.786. The molecule has 1 atom stereocenters. The Morgan fingerprint density at radius 1 is 1.04 bits per heavy atom. The minimum absolute atomic E-state index is 0.103. The summed E-state index contributed by atoms with van der Waals surface area (Å²) in [4.78, 5) is 26.3. The number of ether oxygens (including phenoxy) is 1. The van der Waals surface area contributed by atoms with Crippen molar-refractivity contribution in [3.05, 3.63) is 0 Å². The molecule has 1 amide bonds. The molecule has 1 heterocycles. The molecule has 1 aliphatic rings. The molecule has 23 heavy (non-hydrogen) atoms. The molecule has 0 aromatic heterocycles. The van der Waals surface area contributed by atoms with E-state index in [1.807, 2.05) is 0 Å². The summed E-state index contributed by atoms with van der Waals surface area (Å²) >= 11 is 0. The number of carbonyl (C=O) groups excluding carboxylic acids is 2. The lowest BCUT2D eigenvalue weighted by Gasteiger charge is -2.38. The first-order valence-corrected chi connectivity index (χ1v) is 7.27. The van der Waals surface area contributed by atoms with Crippen LogP contribution in [0, 0.1) is 0 Å². The van der Waals surface area contributed by atoms with Gasteiger partial charge < -0.3 is 14.7 Å². The van der Waals surface area contributed by atoms with Crippen molar-refractivity contribution in [2.45, 2.75) is 45.1 Å². The van der Waals surface area contributed by atoms with E-state index >= 15 is 0 Å². The fraction of sp³-hybridized carbons (Fsp3) is 0.857. The number of aliphatic hydroxyl groups is 1. The van der Waals surface area contributed by atoms with Gasteiger partial charge in [0.15, 0.2) is 5.60 Å². The van der Waals surface area contributed by atoms with Gasteiger partial charge in [-0.25, -0.2) is 4.79 Å². The normalized spacial score (nSPS) is 20.1. The largest absolute Gasteiger partial charge is 0.453 e. The Hall–Kier alpha value is -1.35. The first-order chi connectivity index (χ1) is 10.2. The van der Waals surface area contributed by atoms with Gasteiger partial charge in [-0.05, 0) is 27.7 Å². The topological polar surface area (TPSA) is 70.1 Å². The zero-order chi connectivity index (χ0) is 18.1. The molecular formula is C14H23F3N2O4. The molecule has 1 aliphatic heterocycles. The van der Waals surface area contributed by atoms with E-state index in [-0.39, 0.29) is 26.2 Å². The number of amides is 1. The summed E-state index contributed by atoms with van der Waals surface area (Å²) in [6, 6.07) is 0. The monoisotopic (exact) mass is 340 g/mol. The summed E-state index contributed by atoms with van der Waals surface area (Å²) in [6.45, 7) is 5.52. The highest BCUT2D eigenvalue weighted by molar-refractivity contribution is 6.32. The summed E-state index contributed by atoms with van der Waals surface area (Å²) in [5, 5.41) is 9.47. The molecule has 1 rings (SSSR count). The molecule has 0 radical (unpaired) electrons. The van der Waals surface area contributed by atoms with Gasteiger partial charge in [0.2, 0.25) is 0 Å². The second kappa shape index (κ2) is 6.64. The molecule has 0 unspecified atom stereocenters. The minimum atomic E-state index is -4.73. The number of hydrogen-bond donors (Lipinski definition) is 1. The highest BCUT2D eigenvalue weighted by Gasteiger charge is 2.50. The van der Waals surface area contributed by atoms with Gasteiger partial charge >= 0.3 is 18.1 Å². The first kappa shape index (κ1) is 19.7. The Balaban J connectivity index is 2.53. The van der Waals surface area contributed by atoms with Gasteiger partial charge in [0, 0.05) is 32.7 Å². The average Bonchev–Trinajstić information content (AvgIpc) is 2.35.